The molecule has 2 aromatic rings. The largest absolute Gasteiger partial charge is 0.373 e. The zero-order chi connectivity index (χ0) is 14.6. The van der Waals surface area contributed by atoms with E-state index in [4.69, 9.17) is 0 Å². The van der Waals surface area contributed by atoms with Gasteiger partial charge in [-0.3, -0.25) is 0 Å². The van der Waals surface area contributed by atoms with Gasteiger partial charge in [0.1, 0.15) is 11.6 Å². The van der Waals surface area contributed by atoms with E-state index in [2.05, 4.69) is 52.0 Å². The maximum atomic E-state index is 4.49. The molecule has 0 bridgehead atoms. The molecule has 0 atom stereocenters. The van der Waals surface area contributed by atoms with Gasteiger partial charge in [0.15, 0.2) is 5.16 Å². The fraction of sp³-hybridized carbons (Fsp3) is 0.429. The van der Waals surface area contributed by atoms with E-state index in [9.17, 15) is 0 Å². The van der Waals surface area contributed by atoms with Crippen LogP contribution >= 0.6 is 23.1 Å². The molecule has 6 heteroatoms. The highest BCUT2D eigenvalue weighted by molar-refractivity contribution is 7.98. The third-order valence-corrected chi connectivity index (χ3v) is 4.83. The van der Waals surface area contributed by atoms with Crippen LogP contribution in [-0.2, 0) is 5.41 Å². The average molecular weight is 308 g/mol. The lowest BCUT2D eigenvalue weighted by molar-refractivity contribution is 0.568. The molecule has 4 nitrogen and oxygen atoms in total. The second kappa shape index (κ2) is 6.45. The highest BCUT2D eigenvalue weighted by Crippen LogP contribution is 2.28. The zero-order valence-electron chi connectivity index (χ0n) is 12.2. The van der Waals surface area contributed by atoms with Crippen LogP contribution in [0.4, 0.5) is 11.6 Å². The van der Waals surface area contributed by atoms with Gasteiger partial charge in [0.05, 0.1) is 0 Å². The summed E-state index contributed by atoms with van der Waals surface area (Å²) in [5, 5.41) is 9.38. The molecule has 0 aliphatic rings. The summed E-state index contributed by atoms with van der Waals surface area (Å²) < 4.78 is 0. The molecule has 0 aromatic carbocycles. The fourth-order valence-corrected chi connectivity index (χ4v) is 3.03. The third-order valence-electron chi connectivity index (χ3n) is 3.04. The topological polar surface area (TPSA) is 49.8 Å². The van der Waals surface area contributed by atoms with Gasteiger partial charge < -0.3 is 10.6 Å². The summed E-state index contributed by atoms with van der Waals surface area (Å²) >= 11 is 3.33. The Hall–Kier alpha value is -1.27. The molecule has 20 heavy (non-hydrogen) atoms. The minimum atomic E-state index is 0.0818. The molecule has 0 saturated heterocycles. The van der Waals surface area contributed by atoms with Crippen molar-refractivity contribution in [3.05, 3.63) is 28.5 Å². The van der Waals surface area contributed by atoms with Crippen molar-refractivity contribution in [2.75, 3.05) is 30.5 Å². The van der Waals surface area contributed by atoms with E-state index in [-0.39, 0.29) is 5.41 Å². The molecule has 2 N–H and O–H groups in total. The molecule has 0 saturated carbocycles. The molecule has 0 fully saturated rings. The summed E-state index contributed by atoms with van der Waals surface area (Å²) in [4.78, 5) is 10.2. The first kappa shape index (κ1) is 15.1. The van der Waals surface area contributed by atoms with Crippen molar-refractivity contribution in [2.24, 2.45) is 0 Å². The Morgan fingerprint density at radius 3 is 2.65 bits per heavy atom. The Bertz CT molecular complexity index is 530. The molecule has 2 rings (SSSR count). The molecule has 2 aromatic heterocycles. The molecule has 108 valence electrons. The predicted octanol–water partition coefficient (Wildman–Crippen LogP) is 3.69. The van der Waals surface area contributed by atoms with E-state index in [0.29, 0.717) is 0 Å². The number of anilines is 2. The smallest absolute Gasteiger partial charge is 0.191 e. The lowest BCUT2D eigenvalue weighted by Gasteiger charge is -2.24. The van der Waals surface area contributed by atoms with Gasteiger partial charge in [0.2, 0.25) is 0 Å². The molecule has 0 radical (unpaired) electrons. The number of thioether (sulfide) groups is 1. The number of hydrogen-bond acceptors (Lipinski definition) is 6. The van der Waals surface area contributed by atoms with Crippen LogP contribution in [0.25, 0.3) is 0 Å². The molecule has 0 aliphatic carbocycles. The van der Waals surface area contributed by atoms with E-state index in [0.717, 1.165) is 23.3 Å². The quantitative estimate of drug-likeness (QED) is 0.629. The molecular weight excluding hydrogens is 288 g/mol. The van der Waals surface area contributed by atoms with Crippen LogP contribution in [0.1, 0.15) is 18.7 Å². The van der Waals surface area contributed by atoms with Crippen molar-refractivity contribution < 1.29 is 0 Å². The first-order valence-electron chi connectivity index (χ1n) is 6.44. The summed E-state index contributed by atoms with van der Waals surface area (Å²) in [5.74, 6) is 1.69. The SMILES string of the molecule is CNc1cc(NCC(C)(C)c2cccs2)nc(SC)n1. The summed E-state index contributed by atoms with van der Waals surface area (Å²) in [7, 11) is 1.87. The maximum absolute atomic E-state index is 4.49. The van der Waals surface area contributed by atoms with Gasteiger partial charge in [-0.15, -0.1) is 11.3 Å². The normalized spacial score (nSPS) is 11.4. The minimum Gasteiger partial charge on any atom is -0.373 e. The predicted molar refractivity (Wildman–Crippen MR) is 89.2 cm³/mol. The highest BCUT2D eigenvalue weighted by atomic mass is 32.2. The number of rotatable bonds is 6. The standard InChI is InChI=1S/C14H20N4S2/c1-14(2,10-6-5-7-20-10)9-16-12-8-11(15-3)17-13(18-12)19-4/h5-8H,9H2,1-4H3,(H2,15,16,17,18). The minimum absolute atomic E-state index is 0.0818. The van der Waals surface area contributed by atoms with Gasteiger partial charge in [0.25, 0.3) is 0 Å². The number of aromatic nitrogens is 2. The van der Waals surface area contributed by atoms with Gasteiger partial charge in [-0.2, -0.15) is 0 Å². The Labute approximate surface area is 128 Å². The Kier molecular flexibility index (Phi) is 4.88. The van der Waals surface area contributed by atoms with E-state index in [1.165, 1.54) is 4.88 Å². The first-order chi connectivity index (χ1) is 9.55. The van der Waals surface area contributed by atoms with Crippen molar-refractivity contribution >= 4 is 34.7 Å². The van der Waals surface area contributed by atoms with Gasteiger partial charge in [-0.05, 0) is 17.7 Å². The van der Waals surface area contributed by atoms with Crippen molar-refractivity contribution in [1.82, 2.24) is 9.97 Å². The molecule has 0 aliphatic heterocycles. The van der Waals surface area contributed by atoms with Crippen molar-refractivity contribution in [2.45, 2.75) is 24.4 Å². The van der Waals surface area contributed by atoms with Crippen molar-refractivity contribution in [3.63, 3.8) is 0 Å². The van der Waals surface area contributed by atoms with Gasteiger partial charge in [0, 0.05) is 30.0 Å². The van der Waals surface area contributed by atoms with Crippen LogP contribution in [0.2, 0.25) is 0 Å². The van der Waals surface area contributed by atoms with E-state index in [1.807, 2.05) is 19.4 Å². The number of nitrogens with zero attached hydrogens (tertiary/aromatic N) is 2. The lowest BCUT2D eigenvalue weighted by Crippen LogP contribution is -2.27. The van der Waals surface area contributed by atoms with Crippen LogP contribution in [0.5, 0.6) is 0 Å². The van der Waals surface area contributed by atoms with E-state index in [1.54, 1.807) is 23.1 Å². The van der Waals surface area contributed by atoms with Crippen LogP contribution in [0, 0.1) is 0 Å². The zero-order valence-corrected chi connectivity index (χ0v) is 13.9. The van der Waals surface area contributed by atoms with E-state index >= 15 is 0 Å². The first-order valence-corrected chi connectivity index (χ1v) is 8.54. The average Bonchev–Trinajstić information content (AvgIpc) is 3.00. The third kappa shape index (κ3) is 3.64. The number of thiophene rings is 1. The molecule has 2 heterocycles. The highest BCUT2D eigenvalue weighted by Gasteiger charge is 2.21. The Morgan fingerprint density at radius 2 is 2.05 bits per heavy atom. The monoisotopic (exact) mass is 308 g/mol. The molecule has 0 unspecified atom stereocenters. The number of hydrogen-bond donors (Lipinski definition) is 2. The fourth-order valence-electron chi connectivity index (χ4n) is 1.80. The van der Waals surface area contributed by atoms with Gasteiger partial charge in [-0.1, -0.05) is 31.7 Å². The van der Waals surface area contributed by atoms with Crippen LogP contribution in [0.15, 0.2) is 28.7 Å². The van der Waals surface area contributed by atoms with Gasteiger partial charge >= 0.3 is 0 Å². The second-order valence-electron chi connectivity index (χ2n) is 5.09. The maximum Gasteiger partial charge on any atom is 0.191 e. The molecule has 0 spiro atoms. The summed E-state index contributed by atoms with van der Waals surface area (Å²) in [6.07, 6.45) is 1.98. The molecule has 0 amide bonds. The summed E-state index contributed by atoms with van der Waals surface area (Å²) in [5.41, 5.74) is 0.0818. The van der Waals surface area contributed by atoms with Gasteiger partial charge in [-0.25, -0.2) is 9.97 Å². The van der Waals surface area contributed by atoms with Crippen LogP contribution < -0.4 is 10.6 Å². The summed E-state index contributed by atoms with van der Waals surface area (Å²) in [6, 6.07) is 6.21. The Morgan fingerprint density at radius 1 is 1.30 bits per heavy atom. The van der Waals surface area contributed by atoms with Crippen molar-refractivity contribution in [1.29, 1.82) is 0 Å². The van der Waals surface area contributed by atoms with E-state index < -0.39 is 0 Å². The second-order valence-corrected chi connectivity index (χ2v) is 6.81. The van der Waals surface area contributed by atoms with Crippen LogP contribution in [0.3, 0.4) is 0 Å². The number of nitrogens with one attached hydrogen (secondary N) is 2. The summed E-state index contributed by atoms with van der Waals surface area (Å²) in [6.45, 7) is 5.31. The van der Waals surface area contributed by atoms with Crippen molar-refractivity contribution in [3.8, 4) is 0 Å². The lowest BCUT2D eigenvalue weighted by atomic mass is 9.91. The Balaban J connectivity index is 2.10. The van der Waals surface area contributed by atoms with Crippen LogP contribution in [-0.4, -0.2) is 29.8 Å². The molecular formula is C14H20N4S2.